The van der Waals surface area contributed by atoms with Crippen LogP contribution in [-0.4, -0.2) is 103 Å². The van der Waals surface area contributed by atoms with Crippen molar-refractivity contribution in [2.45, 2.75) is 146 Å². The predicted molar refractivity (Wildman–Crippen MR) is 197 cm³/mol. The molecule has 1 rings (SSSR count). The summed E-state index contributed by atoms with van der Waals surface area (Å²) >= 11 is 0. The van der Waals surface area contributed by atoms with Gasteiger partial charge in [-0.2, -0.15) is 0 Å². The van der Waals surface area contributed by atoms with Gasteiger partial charge in [0, 0.05) is 12.3 Å². The monoisotopic (exact) mass is 814 g/mol. The molecule has 18 heteroatoms. The third-order valence-electron chi connectivity index (χ3n) is 7.89. The van der Waals surface area contributed by atoms with Crippen molar-refractivity contribution in [3.63, 3.8) is 0 Å². The number of aliphatic hydroxyl groups is 4. The van der Waals surface area contributed by atoms with Crippen molar-refractivity contribution < 1.29 is 76.9 Å². The maximum absolute atomic E-state index is 12.8. The van der Waals surface area contributed by atoms with E-state index in [1.165, 1.54) is 44.9 Å². The topological polar surface area (TPSA) is 256 Å². The van der Waals surface area contributed by atoms with Crippen LogP contribution in [0, 0.1) is 59.2 Å². The van der Waals surface area contributed by atoms with Crippen LogP contribution in [-0.2, 0) is 41.8 Å². The Hall–Kier alpha value is -3.20. The number of carbonyl (C=O) groups excluding carboxylic acids is 2. The van der Waals surface area contributed by atoms with Gasteiger partial charge >= 0.3 is 27.6 Å². The number of hydrogen-bond acceptors (Lipinski definition) is 13. The Kier molecular flexibility index (Phi) is 25.6. The van der Waals surface area contributed by atoms with Crippen molar-refractivity contribution in [1.82, 2.24) is 0 Å². The van der Waals surface area contributed by atoms with Crippen LogP contribution in [0.1, 0.15) is 104 Å². The molecule has 0 aromatic rings. The van der Waals surface area contributed by atoms with Gasteiger partial charge in [-0.3, -0.25) is 18.4 Å². The number of carbonyl (C=O) groups is 2. The van der Waals surface area contributed by atoms with E-state index in [1.807, 2.05) is 0 Å². The van der Waals surface area contributed by atoms with Crippen LogP contribution in [0.3, 0.4) is 0 Å². The molecule has 8 atom stereocenters. The summed E-state index contributed by atoms with van der Waals surface area (Å²) in [5, 5.41) is 41.1. The van der Waals surface area contributed by atoms with E-state index in [9.17, 15) is 44.0 Å². The van der Waals surface area contributed by atoms with Crippen molar-refractivity contribution >= 4 is 27.6 Å². The van der Waals surface area contributed by atoms with Gasteiger partial charge in [0.25, 0.3) is 0 Å². The van der Waals surface area contributed by atoms with E-state index in [4.69, 9.17) is 28.3 Å². The molecule has 0 saturated heterocycles. The molecule has 1 aliphatic rings. The number of aliphatic hydroxyl groups excluding tert-OH is 4. The van der Waals surface area contributed by atoms with Crippen LogP contribution >= 0.6 is 15.6 Å². The van der Waals surface area contributed by atoms with E-state index >= 15 is 0 Å². The normalized spacial score (nSPS) is 21.8. The van der Waals surface area contributed by atoms with Gasteiger partial charge in [0.05, 0.1) is 6.61 Å². The fourth-order valence-electron chi connectivity index (χ4n) is 5.14. The number of esters is 2. The molecule has 0 aliphatic heterocycles. The Morgan fingerprint density at radius 3 is 1.53 bits per heavy atom. The summed E-state index contributed by atoms with van der Waals surface area (Å²) in [6.45, 7) is 2.18. The number of unbranched alkanes of at least 4 members (excludes halogenated alkanes) is 12. The first-order valence-electron chi connectivity index (χ1n) is 18.0. The van der Waals surface area contributed by atoms with Crippen LogP contribution in [0.5, 0.6) is 0 Å². The van der Waals surface area contributed by atoms with E-state index < -0.39 is 83.5 Å². The maximum Gasteiger partial charge on any atom is 0.472 e. The molecule has 1 saturated carbocycles. The summed E-state index contributed by atoms with van der Waals surface area (Å²) in [7, 11) is -10.7. The standard InChI is InChI=1S/C37H52O16P2/c1-3-5-7-9-11-13-14-15-16-18-20-22-24-26-31(39)51-29(27-49-30(38)25-23-21-19-17-12-10-8-6-4-2)28-50-55(47,48)53-37-34(42)32(40)36(33(41)35(37)43)52-54(44,45)46/h29,32-37,40-43H,3,5,7,9,11,13-16,18,20,22,24,26-28H2,1-2H3,(H,47,48)(H2,44,45,46)/t29-,32+,33?,34?,35+,36+,37?/m1/s1. The van der Waals surface area contributed by atoms with Gasteiger partial charge in [-0.1, -0.05) is 89.9 Å². The number of ether oxygens (including phenoxy) is 2. The second kappa shape index (κ2) is 28.2. The molecule has 16 nitrogen and oxygen atoms in total. The van der Waals surface area contributed by atoms with Crippen LogP contribution in [0.25, 0.3) is 0 Å². The largest absolute Gasteiger partial charge is 0.472 e. The Morgan fingerprint density at radius 2 is 1.05 bits per heavy atom. The molecule has 0 aromatic heterocycles. The van der Waals surface area contributed by atoms with Gasteiger partial charge in [-0.15, -0.1) is 0 Å². The van der Waals surface area contributed by atoms with Gasteiger partial charge in [-0.05, 0) is 60.7 Å². The summed E-state index contributed by atoms with van der Waals surface area (Å²) in [5.41, 5.74) is 0. The second-order valence-electron chi connectivity index (χ2n) is 12.4. The summed E-state index contributed by atoms with van der Waals surface area (Å²) in [4.78, 5) is 53.1. The SMILES string of the molecule is CC#CC#CC#CC#CC#CC(=O)OC[C@H](COP(=O)(O)OC1C(O)[C@H](O)[C@H](OP(=O)(O)O)C(O)[C@@H]1O)OC(=O)CCCCCCCCCCCCCCC. The quantitative estimate of drug-likeness (QED) is 0.0243. The highest BCUT2D eigenvalue weighted by Crippen LogP contribution is 2.48. The number of hydrogen-bond donors (Lipinski definition) is 7. The summed E-state index contributed by atoms with van der Waals surface area (Å²) in [6, 6.07) is 0. The van der Waals surface area contributed by atoms with Crippen LogP contribution in [0.4, 0.5) is 0 Å². The Labute approximate surface area is 322 Å². The molecule has 0 spiro atoms. The highest BCUT2D eigenvalue weighted by molar-refractivity contribution is 7.47. The molecule has 0 bridgehead atoms. The molecule has 306 valence electrons. The predicted octanol–water partition coefficient (Wildman–Crippen LogP) is 2.40. The van der Waals surface area contributed by atoms with Gasteiger partial charge in [-0.25, -0.2) is 13.9 Å². The van der Waals surface area contributed by atoms with Crippen LogP contribution < -0.4 is 0 Å². The number of phosphoric ester groups is 2. The average Bonchev–Trinajstić information content (AvgIpc) is 3.13. The first-order chi connectivity index (χ1) is 26.1. The van der Waals surface area contributed by atoms with Gasteiger partial charge in [0.1, 0.15) is 43.2 Å². The molecule has 0 heterocycles. The van der Waals surface area contributed by atoms with E-state index in [0.29, 0.717) is 6.42 Å². The number of rotatable bonds is 24. The summed E-state index contributed by atoms with van der Waals surface area (Å²) < 4.78 is 48.2. The van der Waals surface area contributed by atoms with Gasteiger partial charge < -0.3 is 44.6 Å². The molecule has 1 aliphatic carbocycles. The molecule has 7 N–H and O–H groups in total. The van der Waals surface area contributed by atoms with E-state index in [0.717, 1.165) is 32.1 Å². The summed E-state index contributed by atoms with van der Waals surface area (Å²) in [5.74, 6) is 21.8. The summed E-state index contributed by atoms with van der Waals surface area (Å²) in [6.07, 6.45) is -0.915. The maximum atomic E-state index is 12.8. The zero-order chi connectivity index (χ0) is 41.1. The van der Waals surface area contributed by atoms with Gasteiger partial charge in [0.2, 0.25) is 0 Å². The molecule has 0 aromatic carbocycles. The first-order valence-corrected chi connectivity index (χ1v) is 21.0. The molecule has 4 unspecified atom stereocenters. The molecular formula is C37H52O16P2. The van der Waals surface area contributed by atoms with Crippen molar-refractivity contribution in [2.75, 3.05) is 13.2 Å². The first kappa shape index (κ1) is 49.8. The molecule has 55 heavy (non-hydrogen) atoms. The average molecular weight is 815 g/mol. The third-order valence-corrected chi connectivity index (χ3v) is 9.40. The zero-order valence-electron chi connectivity index (χ0n) is 31.1. The van der Waals surface area contributed by atoms with Crippen LogP contribution in [0.15, 0.2) is 0 Å². The highest BCUT2D eigenvalue weighted by atomic mass is 31.2. The van der Waals surface area contributed by atoms with E-state index in [-0.39, 0.29) is 6.42 Å². The lowest BCUT2D eigenvalue weighted by atomic mass is 9.85. The molecule has 0 radical (unpaired) electrons. The van der Waals surface area contributed by atoms with Crippen molar-refractivity contribution in [1.29, 1.82) is 0 Å². The second-order valence-corrected chi connectivity index (χ2v) is 15.0. The Balaban J connectivity index is 2.78. The smallest absolute Gasteiger partial charge is 0.456 e. The molecular weight excluding hydrogens is 762 g/mol. The Bertz CT molecular complexity index is 1590. The van der Waals surface area contributed by atoms with Crippen molar-refractivity contribution in [3.8, 4) is 59.2 Å². The molecule has 0 amide bonds. The van der Waals surface area contributed by atoms with E-state index in [1.54, 1.807) is 6.92 Å². The lowest BCUT2D eigenvalue weighted by Gasteiger charge is -2.43. The minimum absolute atomic E-state index is 0.0184. The van der Waals surface area contributed by atoms with Crippen molar-refractivity contribution in [3.05, 3.63) is 0 Å². The van der Waals surface area contributed by atoms with E-state index in [2.05, 4.69) is 70.7 Å². The third kappa shape index (κ3) is 23.5. The zero-order valence-corrected chi connectivity index (χ0v) is 32.8. The fourth-order valence-corrected chi connectivity index (χ4v) is 6.68. The molecule has 1 fully saturated rings. The number of phosphoric acid groups is 2. The minimum Gasteiger partial charge on any atom is -0.456 e. The lowest BCUT2D eigenvalue weighted by Crippen LogP contribution is -2.64. The Morgan fingerprint density at radius 1 is 0.618 bits per heavy atom. The minimum atomic E-state index is -5.33. The van der Waals surface area contributed by atoms with Crippen molar-refractivity contribution in [2.24, 2.45) is 0 Å². The lowest BCUT2D eigenvalue weighted by molar-refractivity contribution is -0.216. The van der Waals surface area contributed by atoms with Gasteiger partial charge in [0.15, 0.2) is 6.10 Å². The highest BCUT2D eigenvalue weighted by Gasteiger charge is 2.54. The fraction of sp³-hybridized carbons (Fsp3) is 0.676. The van der Waals surface area contributed by atoms with Crippen LogP contribution in [0.2, 0.25) is 0 Å².